The monoisotopic (exact) mass is 462 g/mol. The van der Waals surface area contributed by atoms with Crippen LogP contribution in [0.2, 0.25) is 5.02 Å². The fourth-order valence-electron chi connectivity index (χ4n) is 3.82. The molecule has 0 spiro atoms. The summed E-state index contributed by atoms with van der Waals surface area (Å²) in [7, 11) is 3.31. The number of halogens is 1. The average Bonchev–Trinajstić information content (AvgIpc) is 2.98. The summed E-state index contributed by atoms with van der Waals surface area (Å²) in [5, 5.41) is 0.325. The molecule has 1 aromatic heterocycles. The van der Waals surface area contributed by atoms with Crippen molar-refractivity contribution < 1.29 is 23.9 Å². The molecule has 0 aliphatic heterocycles. The smallest absolute Gasteiger partial charge is 0.355 e. The Labute approximate surface area is 194 Å². The predicted molar refractivity (Wildman–Crippen MR) is 124 cm³/mol. The SMILES string of the molecule is CCOC(=O)c1c(C)c(C(=O)C(C)N(CCCOC)C(=O)c2ccccc2Cl)c(C)n1C. The van der Waals surface area contributed by atoms with Gasteiger partial charge in [-0.3, -0.25) is 9.59 Å². The number of rotatable bonds is 10. The molecule has 0 radical (unpaired) electrons. The van der Waals surface area contributed by atoms with Crippen LogP contribution in [-0.2, 0) is 16.5 Å². The third-order valence-corrected chi connectivity index (χ3v) is 5.93. The lowest BCUT2D eigenvalue weighted by atomic mass is 9.99. The van der Waals surface area contributed by atoms with Gasteiger partial charge in [0, 0.05) is 38.6 Å². The molecule has 0 aliphatic carbocycles. The highest BCUT2D eigenvalue weighted by Gasteiger charge is 2.33. The van der Waals surface area contributed by atoms with Crippen molar-refractivity contribution in [1.29, 1.82) is 0 Å². The van der Waals surface area contributed by atoms with Gasteiger partial charge in [-0.15, -0.1) is 0 Å². The number of hydrogen-bond donors (Lipinski definition) is 0. The van der Waals surface area contributed by atoms with Crippen LogP contribution in [0.3, 0.4) is 0 Å². The summed E-state index contributed by atoms with van der Waals surface area (Å²) in [6, 6.07) is 5.99. The largest absolute Gasteiger partial charge is 0.461 e. The molecule has 0 fully saturated rings. The van der Waals surface area contributed by atoms with Crippen LogP contribution in [0.5, 0.6) is 0 Å². The van der Waals surface area contributed by atoms with Crippen molar-refractivity contribution in [2.75, 3.05) is 26.9 Å². The third kappa shape index (κ3) is 5.22. The van der Waals surface area contributed by atoms with Gasteiger partial charge >= 0.3 is 5.97 Å². The number of methoxy groups -OCH3 is 1. The van der Waals surface area contributed by atoms with Crippen molar-refractivity contribution in [3.63, 3.8) is 0 Å². The number of carbonyl (C=O) groups excluding carboxylic acids is 3. The van der Waals surface area contributed by atoms with E-state index in [2.05, 4.69) is 0 Å². The number of carbonyl (C=O) groups is 3. The zero-order valence-corrected chi connectivity index (χ0v) is 20.3. The maximum Gasteiger partial charge on any atom is 0.355 e. The number of ketones is 1. The normalized spacial score (nSPS) is 11.8. The summed E-state index contributed by atoms with van der Waals surface area (Å²) < 4.78 is 12.0. The molecule has 32 heavy (non-hydrogen) atoms. The second kappa shape index (κ2) is 11.3. The summed E-state index contributed by atoms with van der Waals surface area (Å²) in [5.74, 6) is -1.06. The molecule has 2 aromatic rings. The molecule has 8 heteroatoms. The Hall–Kier alpha value is -2.64. The first-order valence-electron chi connectivity index (χ1n) is 10.6. The summed E-state index contributed by atoms with van der Waals surface area (Å²) in [5.41, 5.74) is 2.28. The topological polar surface area (TPSA) is 77.8 Å². The second-order valence-electron chi connectivity index (χ2n) is 7.58. The van der Waals surface area contributed by atoms with E-state index in [9.17, 15) is 14.4 Å². The van der Waals surface area contributed by atoms with Gasteiger partial charge in [-0.25, -0.2) is 4.79 Å². The molecule has 1 aromatic carbocycles. The number of nitrogens with zero attached hydrogens (tertiary/aromatic N) is 2. The lowest BCUT2D eigenvalue weighted by Gasteiger charge is -2.29. The number of benzene rings is 1. The van der Waals surface area contributed by atoms with Gasteiger partial charge in [0.25, 0.3) is 5.91 Å². The second-order valence-corrected chi connectivity index (χ2v) is 7.99. The van der Waals surface area contributed by atoms with Crippen molar-refractivity contribution in [3.05, 3.63) is 57.4 Å². The molecule has 1 heterocycles. The first-order chi connectivity index (χ1) is 15.2. The van der Waals surface area contributed by atoms with Gasteiger partial charge in [0.2, 0.25) is 0 Å². The number of hydrogen-bond acceptors (Lipinski definition) is 5. The van der Waals surface area contributed by atoms with Gasteiger partial charge in [0.05, 0.1) is 23.2 Å². The number of esters is 1. The maximum atomic E-state index is 13.6. The minimum atomic E-state index is -0.773. The molecule has 0 N–H and O–H groups in total. The fourth-order valence-corrected chi connectivity index (χ4v) is 4.04. The van der Waals surface area contributed by atoms with Crippen molar-refractivity contribution in [1.82, 2.24) is 9.47 Å². The summed E-state index contributed by atoms with van der Waals surface area (Å²) in [6.45, 7) is 7.94. The van der Waals surface area contributed by atoms with E-state index in [1.54, 1.807) is 70.7 Å². The molecule has 174 valence electrons. The average molecular weight is 463 g/mol. The van der Waals surface area contributed by atoms with Crippen LogP contribution in [0.15, 0.2) is 24.3 Å². The Kier molecular flexibility index (Phi) is 9.04. The van der Waals surface area contributed by atoms with Gasteiger partial charge in [-0.1, -0.05) is 23.7 Å². The number of ether oxygens (including phenoxy) is 2. The Bertz CT molecular complexity index is 999. The highest BCUT2D eigenvalue weighted by atomic mass is 35.5. The van der Waals surface area contributed by atoms with Crippen LogP contribution >= 0.6 is 11.6 Å². The standard InChI is InChI=1S/C24H31ClN2O5/c1-7-32-24(30)21-15(2)20(16(3)26(21)5)22(28)17(4)27(13-10-14-31-6)23(29)18-11-8-9-12-19(18)25/h8-9,11-12,17H,7,10,13-14H2,1-6H3. The van der Waals surface area contributed by atoms with Gasteiger partial charge in [0.15, 0.2) is 5.78 Å². The van der Waals surface area contributed by atoms with Crippen LogP contribution in [-0.4, -0.2) is 60.0 Å². The van der Waals surface area contributed by atoms with Crippen LogP contribution in [0.25, 0.3) is 0 Å². The van der Waals surface area contributed by atoms with E-state index in [0.717, 1.165) is 0 Å². The number of Topliss-reactive ketones (excluding diaryl/α,β-unsaturated/α-hetero) is 1. The quantitative estimate of drug-likeness (QED) is 0.300. The molecular weight excluding hydrogens is 432 g/mol. The molecule has 0 saturated heterocycles. The summed E-state index contributed by atoms with van der Waals surface area (Å²) >= 11 is 6.25. The minimum absolute atomic E-state index is 0.238. The number of amides is 1. The van der Waals surface area contributed by atoms with Crippen LogP contribution < -0.4 is 0 Å². The first-order valence-corrected chi connectivity index (χ1v) is 11.0. The minimum Gasteiger partial charge on any atom is -0.461 e. The Morgan fingerprint density at radius 2 is 1.84 bits per heavy atom. The maximum absolute atomic E-state index is 13.6. The van der Waals surface area contributed by atoms with E-state index >= 15 is 0 Å². The first kappa shape index (κ1) is 25.6. The fraction of sp³-hybridized carbons (Fsp3) is 0.458. The predicted octanol–water partition coefficient (Wildman–Crippen LogP) is 4.22. The highest BCUT2D eigenvalue weighted by molar-refractivity contribution is 6.33. The van der Waals surface area contributed by atoms with Gasteiger partial charge in [-0.2, -0.15) is 0 Å². The summed E-state index contributed by atoms with van der Waals surface area (Å²) in [4.78, 5) is 40.9. The lowest BCUT2D eigenvalue weighted by molar-refractivity contribution is 0.0513. The van der Waals surface area contributed by atoms with Gasteiger partial charge in [0.1, 0.15) is 5.69 Å². The van der Waals surface area contributed by atoms with Crippen molar-refractivity contribution in [2.24, 2.45) is 7.05 Å². The molecule has 7 nitrogen and oxygen atoms in total. The molecule has 2 rings (SSSR count). The van der Waals surface area contributed by atoms with E-state index < -0.39 is 12.0 Å². The van der Waals surface area contributed by atoms with Crippen molar-refractivity contribution in [3.8, 4) is 0 Å². The third-order valence-electron chi connectivity index (χ3n) is 5.61. The molecule has 0 bridgehead atoms. The van der Waals surface area contributed by atoms with Crippen molar-refractivity contribution >= 4 is 29.3 Å². The van der Waals surface area contributed by atoms with Gasteiger partial charge in [-0.05, 0) is 51.8 Å². The number of aromatic nitrogens is 1. The Balaban J connectivity index is 2.45. The lowest BCUT2D eigenvalue weighted by Crippen LogP contribution is -2.44. The van der Waals surface area contributed by atoms with E-state index in [0.29, 0.717) is 52.7 Å². The van der Waals surface area contributed by atoms with E-state index in [1.807, 2.05) is 0 Å². The highest BCUT2D eigenvalue weighted by Crippen LogP contribution is 2.26. The molecule has 0 saturated carbocycles. The zero-order chi connectivity index (χ0) is 24.0. The van der Waals surface area contributed by atoms with Gasteiger partial charge < -0.3 is 18.9 Å². The van der Waals surface area contributed by atoms with E-state index in [-0.39, 0.29) is 18.3 Å². The molecule has 0 aliphatic rings. The van der Waals surface area contributed by atoms with Crippen LogP contribution in [0.1, 0.15) is 62.7 Å². The molecule has 1 atom stereocenters. The molecule has 1 amide bonds. The van der Waals surface area contributed by atoms with E-state index in [1.165, 1.54) is 4.90 Å². The zero-order valence-electron chi connectivity index (χ0n) is 19.5. The van der Waals surface area contributed by atoms with Crippen LogP contribution in [0, 0.1) is 13.8 Å². The van der Waals surface area contributed by atoms with Crippen LogP contribution in [0.4, 0.5) is 0 Å². The van der Waals surface area contributed by atoms with Crippen molar-refractivity contribution in [2.45, 2.75) is 40.2 Å². The summed E-state index contributed by atoms with van der Waals surface area (Å²) in [6.07, 6.45) is 0.561. The molecular formula is C24H31ClN2O5. The van der Waals surface area contributed by atoms with E-state index in [4.69, 9.17) is 21.1 Å². The Morgan fingerprint density at radius 3 is 2.44 bits per heavy atom. The Morgan fingerprint density at radius 1 is 1.19 bits per heavy atom. The molecule has 1 unspecified atom stereocenters.